The molecule has 4 heteroatoms. The number of aliphatic hydroxyl groups excluding tert-OH is 1. The summed E-state index contributed by atoms with van der Waals surface area (Å²) in [5, 5.41) is 9.75. The Morgan fingerprint density at radius 3 is 2.35 bits per heavy atom. The van der Waals surface area contributed by atoms with Crippen LogP contribution >= 0.6 is 0 Å². The van der Waals surface area contributed by atoms with Crippen molar-refractivity contribution in [3.8, 4) is 0 Å². The zero-order valence-electron chi connectivity index (χ0n) is 9.51. The van der Waals surface area contributed by atoms with Gasteiger partial charge in [-0.2, -0.15) is 0 Å². The van der Waals surface area contributed by atoms with E-state index < -0.39 is 17.6 Å². The summed E-state index contributed by atoms with van der Waals surface area (Å²) in [6.07, 6.45) is 0.673. The van der Waals surface area contributed by atoms with Crippen LogP contribution in [0.4, 0.5) is 0 Å². The third-order valence-corrected chi connectivity index (χ3v) is 2.65. The number of benzene rings is 1. The van der Waals surface area contributed by atoms with Crippen molar-refractivity contribution in [3.63, 3.8) is 0 Å². The molecule has 1 heterocycles. The number of aliphatic hydroxyl groups is 1. The van der Waals surface area contributed by atoms with Gasteiger partial charge in [0, 0.05) is 6.54 Å². The van der Waals surface area contributed by atoms with Gasteiger partial charge in [0.25, 0.3) is 11.8 Å². The summed E-state index contributed by atoms with van der Waals surface area (Å²) in [6.45, 7) is 2.20. The fourth-order valence-corrected chi connectivity index (χ4v) is 1.85. The molecule has 0 aromatic heterocycles. The van der Waals surface area contributed by atoms with Gasteiger partial charge >= 0.3 is 0 Å². The molecule has 0 bridgehead atoms. The molecule has 0 radical (unpaired) electrons. The maximum atomic E-state index is 12.0. The van der Waals surface area contributed by atoms with Crippen molar-refractivity contribution in [2.24, 2.45) is 0 Å². The monoisotopic (exact) mass is 231 g/mol. The molecule has 1 aliphatic rings. The lowest BCUT2D eigenvalue weighted by molar-refractivity contribution is -0.138. The zero-order valence-corrected chi connectivity index (χ0v) is 9.51. The van der Waals surface area contributed by atoms with Gasteiger partial charge in [0.1, 0.15) is 0 Å². The molecule has 1 N–H and O–H groups in total. The standard InChI is InChI=1S/C13H13NO3/c1-2-8-14-12(16)10(11(15)13(14)17)9-6-4-3-5-7-9/h3-7,15H,2,8H2,1H3. The Labute approximate surface area is 99.2 Å². The fraction of sp³-hybridized carbons (Fsp3) is 0.231. The molecule has 0 aliphatic carbocycles. The smallest absolute Gasteiger partial charge is 0.296 e. The van der Waals surface area contributed by atoms with Crippen LogP contribution in [0.3, 0.4) is 0 Å². The molecule has 1 aromatic rings. The highest BCUT2D eigenvalue weighted by molar-refractivity contribution is 6.34. The van der Waals surface area contributed by atoms with E-state index in [1.165, 1.54) is 0 Å². The number of hydrogen-bond acceptors (Lipinski definition) is 3. The van der Waals surface area contributed by atoms with Gasteiger partial charge < -0.3 is 5.11 Å². The second kappa shape index (κ2) is 4.41. The molecule has 17 heavy (non-hydrogen) atoms. The highest BCUT2D eigenvalue weighted by Gasteiger charge is 2.38. The Morgan fingerprint density at radius 1 is 1.12 bits per heavy atom. The molecule has 0 spiro atoms. The van der Waals surface area contributed by atoms with Crippen molar-refractivity contribution in [1.29, 1.82) is 0 Å². The van der Waals surface area contributed by atoms with E-state index >= 15 is 0 Å². The lowest BCUT2D eigenvalue weighted by Gasteiger charge is -2.12. The van der Waals surface area contributed by atoms with Crippen LogP contribution in [-0.2, 0) is 9.59 Å². The minimum atomic E-state index is -0.601. The number of carbonyl (C=O) groups is 2. The van der Waals surface area contributed by atoms with E-state index in [2.05, 4.69) is 0 Å². The average molecular weight is 231 g/mol. The first-order chi connectivity index (χ1) is 8.16. The van der Waals surface area contributed by atoms with Gasteiger partial charge in [-0.15, -0.1) is 0 Å². The number of carbonyl (C=O) groups excluding carboxylic acids is 2. The van der Waals surface area contributed by atoms with Gasteiger partial charge in [0.15, 0.2) is 5.76 Å². The van der Waals surface area contributed by atoms with Crippen molar-refractivity contribution in [2.75, 3.05) is 6.54 Å². The van der Waals surface area contributed by atoms with Crippen LogP contribution in [0.5, 0.6) is 0 Å². The average Bonchev–Trinajstić information content (AvgIpc) is 2.55. The second-order valence-corrected chi connectivity index (χ2v) is 3.85. The molecule has 2 rings (SSSR count). The van der Waals surface area contributed by atoms with Gasteiger partial charge in [-0.1, -0.05) is 37.3 Å². The lowest BCUT2D eigenvalue weighted by Crippen LogP contribution is -2.32. The van der Waals surface area contributed by atoms with Crippen LogP contribution in [-0.4, -0.2) is 28.4 Å². The van der Waals surface area contributed by atoms with Gasteiger partial charge in [0.05, 0.1) is 5.57 Å². The van der Waals surface area contributed by atoms with Crippen molar-refractivity contribution in [3.05, 3.63) is 41.7 Å². The van der Waals surface area contributed by atoms with Crippen LogP contribution in [0, 0.1) is 0 Å². The zero-order chi connectivity index (χ0) is 12.4. The molecule has 0 saturated carbocycles. The highest BCUT2D eigenvalue weighted by atomic mass is 16.3. The van der Waals surface area contributed by atoms with E-state index in [1.807, 2.05) is 13.0 Å². The van der Waals surface area contributed by atoms with Crippen LogP contribution in [0.15, 0.2) is 36.1 Å². The van der Waals surface area contributed by atoms with Crippen LogP contribution in [0.1, 0.15) is 18.9 Å². The first-order valence-corrected chi connectivity index (χ1v) is 5.51. The summed E-state index contributed by atoms with van der Waals surface area (Å²) >= 11 is 0. The quantitative estimate of drug-likeness (QED) is 0.806. The Morgan fingerprint density at radius 2 is 1.76 bits per heavy atom. The van der Waals surface area contributed by atoms with Crippen LogP contribution in [0.25, 0.3) is 5.57 Å². The molecule has 0 atom stereocenters. The first-order valence-electron chi connectivity index (χ1n) is 5.51. The van der Waals surface area contributed by atoms with E-state index in [0.717, 1.165) is 4.90 Å². The maximum Gasteiger partial charge on any atom is 0.296 e. The minimum absolute atomic E-state index is 0.101. The normalized spacial score (nSPS) is 15.9. The molecular formula is C13H13NO3. The number of amides is 2. The van der Waals surface area contributed by atoms with E-state index in [0.29, 0.717) is 18.5 Å². The molecular weight excluding hydrogens is 218 g/mol. The van der Waals surface area contributed by atoms with Crippen LogP contribution < -0.4 is 0 Å². The highest BCUT2D eigenvalue weighted by Crippen LogP contribution is 2.27. The number of imide groups is 1. The van der Waals surface area contributed by atoms with Gasteiger partial charge in [-0.05, 0) is 12.0 Å². The molecule has 2 amide bonds. The second-order valence-electron chi connectivity index (χ2n) is 3.85. The molecule has 88 valence electrons. The lowest BCUT2D eigenvalue weighted by atomic mass is 10.1. The summed E-state index contributed by atoms with van der Waals surface area (Å²) < 4.78 is 0. The summed E-state index contributed by atoms with van der Waals surface area (Å²) in [6, 6.07) is 8.73. The number of nitrogens with zero attached hydrogens (tertiary/aromatic N) is 1. The molecule has 0 saturated heterocycles. The molecule has 0 fully saturated rings. The Bertz CT molecular complexity index is 491. The molecule has 0 unspecified atom stereocenters. The predicted molar refractivity (Wildman–Crippen MR) is 63.0 cm³/mol. The van der Waals surface area contributed by atoms with Gasteiger partial charge in [-0.25, -0.2) is 0 Å². The summed E-state index contributed by atoms with van der Waals surface area (Å²) in [5.41, 5.74) is 0.672. The Hall–Kier alpha value is -2.10. The number of rotatable bonds is 3. The molecule has 1 aliphatic heterocycles. The summed E-state index contributed by atoms with van der Waals surface area (Å²) in [4.78, 5) is 24.8. The van der Waals surface area contributed by atoms with Gasteiger partial charge in [-0.3, -0.25) is 14.5 Å². The van der Waals surface area contributed by atoms with Crippen molar-refractivity contribution in [2.45, 2.75) is 13.3 Å². The largest absolute Gasteiger partial charge is 0.502 e. The van der Waals surface area contributed by atoms with E-state index in [9.17, 15) is 14.7 Å². The number of hydrogen-bond donors (Lipinski definition) is 1. The van der Waals surface area contributed by atoms with Gasteiger partial charge in [0.2, 0.25) is 0 Å². The van der Waals surface area contributed by atoms with Crippen molar-refractivity contribution < 1.29 is 14.7 Å². The van der Waals surface area contributed by atoms with Crippen molar-refractivity contribution in [1.82, 2.24) is 4.90 Å². The molecule has 1 aromatic carbocycles. The fourth-order valence-electron chi connectivity index (χ4n) is 1.85. The third-order valence-electron chi connectivity index (χ3n) is 2.65. The SMILES string of the molecule is CCCN1C(=O)C(O)=C(c2ccccc2)C1=O. The third kappa shape index (κ3) is 1.82. The first kappa shape index (κ1) is 11.4. The van der Waals surface area contributed by atoms with E-state index in [1.54, 1.807) is 24.3 Å². The topological polar surface area (TPSA) is 57.6 Å². The summed E-state index contributed by atoms with van der Waals surface area (Å²) in [7, 11) is 0. The summed E-state index contributed by atoms with van der Waals surface area (Å²) in [5.74, 6) is -1.47. The maximum absolute atomic E-state index is 12.0. The van der Waals surface area contributed by atoms with E-state index in [4.69, 9.17) is 0 Å². The Balaban J connectivity index is 2.42. The van der Waals surface area contributed by atoms with E-state index in [-0.39, 0.29) is 5.57 Å². The minimum Gasteiger partial charge on any atom is -0.502 e. The van der Waals surface area contributed by atoms with Crippen LogP contribution in [0.2, 0.25) is 0 Å². The van der Waals surface area contributed by atoms with Crippen molar-refractivity contribution >= 4 is 17.4 Å². The molecule has 4 nitrogen and oxygen atoms in total. The predicted octanol–water partition coefficient (Wildman–Crippen LogP) is 1.73. The Kier molecular flexibility index (Phi) is 2.95.